The van der Waals surface area contributed by atoms with Gasteiger partial charge in [-0.15, -0.1) is 0 Å². The predicted molar refractivity (Wildman–Crippen MR) is 122 cm³/mol. The van der Waals surface area contributed by atoms with Crippen LogP contribution in [0.25, 0.3) is 11.4 Å². The van der Waals surface area contributed by atoms with E-state index in [0.29, 0.717) is 6.54 Å². The number of hydrogen-bond donors (Lipinski definition) is 2. The first-order valence-corrected chi connectivity index (χ1v) is 10.6. The molecule has 0 saturated carbocycles. The van der Waals surface area contributed by atoms with Gasteiger partial charge in [0.25, 0.3) is 0 Å². The average Bonchev–Trinajstić information content (AvgIpc) is 3.36. The van der Waals surface area contributed by atoms with Gasteiger partial charge in [-0.1, -0.05) is 24.3 Å². The van der Waals surface area contributed by atoms with Crippen LogP contribution in [0.2, 0.25) is 0 Å². The Balaban J connectivity index is 1.29. The van der Waals surface area contributed by atoms with Crippen molar-refractivity contribution in [2.75, 3.05) is 40.3 Å². The van der Waals surface area contributed by atoms with Gasteiger partial charge in [-0.25, -0.2) is 9.37 Å². The van der Waals surface area contributed by atoms with E-state index in [0.717, 1.165) is 61.2 Å². The minimum Gasteiger partial charge on any atom is -0.494 e. The largest absolute Gasteiger partial charge is 0.494 e. The Hall–Kier alpha value is -3.46. The second-order valence-corrected chi connectivity index (χ2v) is 7.67. The van der Waals surface area contributed by atoms with Crippen molar-refractivity contribution in [1.82, 2.24) is 30.3 Å². The first-order valence-electron chi connectivity index (χ1n) is 10.6. The Bertz CT molecular complexity index is 1050. The number of benzene rings is 2. The van der Waals surface area contributed by atoms with Gasteiger partial charge >= 0.3 is 0 Å². The summed E-state index contributed by atoms with van der Waals surface area (Å²) in [5, 5.41) is 10.3. The molecule has 3 aromatic rings. The number of piperazine rings is 1. The van der Waals surface area contributed by atoms with Crippen LogP contribution in [0.3, 0.4) is 0 Å². The molecule has 2 heterocycles. The fraction of sp³-hybridized carbons (Fsp3) is 0.348. The van der Waals surface area contributed by atoms with Crippen LogP contribution in [-0.4, -0.2) is 71.3 Å². The highest BCUT2D eigenvalue weighted by atomic mass is 19.1. The zero-order valence-corrected chi connectivity index (χ0v) is 18.4. The van der Waals surface area contributed by atoms with Crippen LogP contribution in [0.4, 0.5) is 4.39 Å². The summed E-state index contributed by atoms with van der Waals surface area (Å²) in [6.45, 7) is 4.87. The molecule has 4 rings (SSSR count). The summed E-state index contributed by atoms with van der Waals surface area (Å²) in [6, 6.07) is 13.3. The Kier molecular flexibility index (Phi) is 6.96. The van der Waals surface area contributed by atoms with Crippen molar-refractivity contribution in [3.8, 4) is 17.1 Å². The molecule has 9 heteroatoms. The van der Waals surface area contributed by atoms with Gasteiger partial charge in [-0.3, -0.25) is 15.0 Å². The first-order chi connectivity index (χ1) is 15.7. The minimum absolute atomic E-state index is 0.278. The zero-order chi connectivity index (χ0) is 22.3. The van der Waals surface area contributed by atoms with Crippen LogP contribution in [0.5, 0.6) is 5.75 Å². The van der Waals surface area contributed by atoms with Crippen molar-refractivity contribution >= 4 is 5.96 Å². The standard InChI is InChI=1S/C23H28FN7O/c1-25-23(26-14-17-4-3-5-19(12-17)22-27-16-28-29-22)31-10-8-30(9-11-31)15-18-6-7-21(32-2)20(24)13-18/h3-7,12-13,16H,8-11,14-15H2,1-2H3,(H,25,26)(H,27,28,29). The molecule has 168 valence electrons. The van der Waals surface area contributed by atoms with Gasteiger partial charge in [0.2, 0.25) is 0 Å². The summed E-state index contributed by atoms with van der Waals surface area (Å²) in [5.74, 6) is 1.59. The molecule has 32 heavy (non-hydrogen) atoms. The highest BCUT2D eigenvalue weighted by Crippen LogP contribution is 2.19. The minimum atomic E-state index is -0.319. The molecule has 8 nitrogen and oxygen atoms in total. The molecule has 2 aromatic carbocycles. The third kappa shape index (κ3) is 5.23. The van der Waals surface area contributed by atoms with Crippen LogP contribution < -0.4 is 10.1 Å². The lowest BCUT2D eigenvalue weighted by Crippen LogP contribution is -2.52. The second kappa shape index (κ2) is 10.2. The summed E-state index contributed by atoms with van der Waals surface area (Å²) in [7, 11) is 3.28. The fourth-order valence-corrected chi connectivity index (χ4v) is 3.87. The molecule has 2 N–H and O–H groups in total. The normalized spacial score (nSPS) is 15.1. The van der Waals surface area contributed by atoms with Crippen molar-refractivity contribution in [2.24, 2.45) is 4.99 Å². The Labute approximate surface area is 187 Å². The Morgan fingerprint density at radius 3 is 2.69 bits per heavy atom. The molecular weight excluding hydrogens is 409 g/mol. The summed E-state index contributed by atoms with van der Waals surface area (Å²) in [4.78, 5) is 13.3. The highest BCUT2D eigenvalue weighted by Gasteiger charge is 2.20. The number of H-pyrrole nitrogens is 1. The number of nitrogens with one attached hydrogen (secondary N) is 2. The topological polar surface area (TPSA) is 81.7 Å². The summed E-state index contributed by atoms with van der Waals surface area (Å²) < 4.78 is 19.0. The van der Waals surface area contributed by atoms with Crippen molar-refractivity contribution in [3.63, 3.8) is 0 Å². The molecule has 0 unspecified atom stereocenters. The Morgan fingerprint density at radius 1 is 1.16 bits per heavy atom. The van der Waals surface area contributed by atoms with Crippen molar-refractivity contribution in [3.05, 3.63) is 65.7 Å². The highest BCUT2D eigenvalue weighted by molar-refractivity contribution is 5.80. The molecule has 1 aliphatic rings. The number of guanidine groups is 1. The smallest absolute Gasteiger partial charge is 0.194 e. The lowest BCUT2D eigenvalue weighted by atomic mass is 10.1. The monoisotopic (exact) mass is 437 g/mol. The molecule has 0 spiro atoms. The van der Waals surface area contributed by atoms with E-state index in [9.17, 15) is 4.39 Å². The predicted octanol–water partition coefficient (Wildman–Crippen LogP) is 2.51. The molecule has 0 atom stereocenters. The quantitative estimate of drug-likeness (QED) is 0.456. The molecule has 1 aromatic heterocycles. The summed E-state index contributed by atoms with van der Waals surface area (Å²) >= 11 is 0. The molecular formula is C23H28FN7O. The van der Waals surface area contributed by atoms with Gasteiger partial charge < -0.3 is 15.0 Å². The SMILES string of the molecule is CN=C(NCc1cccc(-c2ncn[nH]2)c1)N1CCN(Cc2ccc(OC)c(F)c2)CC1. The van der Waals surface area contributed by atoms with E-state index in [1.165, 1.54) is 13.4 Å². The van der Waals surface area contributed by atoms with Gasteiger partial charge in [0.15, 0.2) is 23.4 Å². The number of halogens is 1. The van der Waals surface area contributed by atoms with Crippen LogP contribution in [-0.2, 0) is 13.1 Å². The summed E-state index contributed by atoms with van der Waals surface area (Å²) in [5.41, 5.74) is 3.09. The molecule has 1 aliphatic heterocycles. The van der Waals surface area contributed by atoms with E-state index >= 15 is 0 Å². The van der Waals surface area contributed by atoms with Crippen LogP contribution in [0, 0.1) is 5.82 Å². The number of aromatic amines is 1. The van der Waals surface area contributed by atoms with Gasteiger partial charge in [0.05, 0.1) is 7.11 Å². The van der Waals surface area contributed by atoms with E-state index in [-0.39, 0.29) is 11.6 Å². The lowest BCUT2D eigenvalue weighted by Gasteiger charge is -2.36. The van der Waals surface area contributed by atoms with Gasteiger partial charge in [0.1, 0.15) is 6.33 Å². The number of aromatic nitrogens is 3. The van der Waals surface area contributed by atoms with Gasteiger partial charge in [-0.05, 0) is 29.3 Å². The van der Waals surface area contributed by atoms with E-state index in [1.54, 1.807) is 19.2 Å². The number of methoxy groups -OCH3 is 1. The number of rotatable bonds is 6. The number of hydrogen-bond acceptors (Lipinski definition) is 5. The molecule has 1 saturated heterocycles. The fourth-order valence-electron chi connectivity index (χ4n) is 3.87. The molecule has 0 amide bonds. The average molecular weight is 438 g/mol. The maximum Gasteiger partial charge on any atom is 0.194 e. The van der Waals surface area contributed by atoms with Crippen LogP contribution >= 0.6 is 0 Å². The maximum absolute atomic E-state index is 14.0. The van der Waals surface area contributed by atoms with Crippen molar-refractivity contribution < 1.29 is 9.13 Å². The molecule has 0 aliphatic carbocycles. The third-order valence-corrected chi connectivity index (χ3v) is 5.57. The van der Waals surface area contributed by atoms with Crippen LogP contribution in [0.15, 0.2) is 53.8 Å². The summed E-state index contributed by atoms with van der Waals surface area (Å²) in [6.07, 6.45) is 1.51. The van der Waals surface area contributed by atoms with Crippen molar-refractivity contribution in [2.45, 2.75) is 13.1 Å². The molecule has 0 bridgehead atoms. The van der Waals surface area contributed by atoms with E-state index in [4.69, 9.17) is 4.74 Å². The van der Waals surface area contributed by atoms with Crippen molar-refractivity contribution in [1.29, 1.82) is 0 Å². The Morgan fingerprint density at radius 2 is 2.00 bits per heavy atom. The number of ether oxygens (including phenoxy) is 1. The van der Waals surface area contributed by atoms with Crippen LogP contribution in [0.1, 0.15) is 11.1 Å². The molecule has 0 radical (unpaired) electrons. The van der Waals surface area contributed by atoms with Gasteiger partial charge in [0, 0.05) is 51.9 Å². The third-order valence-electron chi connectivity index (χ3n) is 5.57. The number of aliphatic imine (C=N–C) groups is 1. The first kappa shape index (κ1) is 21.8. The zero-order valence-electron chi connectivity index (χ0n) is 18.4. The van der Waals surface area contributed by atoms with E-state index in [1.807, 2.05) is 18.2 Å². The lowest BCUT2D eigenvalue weighted by molar-refractivity contribution is 0.172. The van der Waals surface area contributed by atoms with E-state index < -0.39 is 0 Å². The van der Waals surface area contributed by atoms with E-state index in [2.05, 4.69) is 47.4 Å². The molecule has 1 fully saturated rings. The maximum atomic E-state index is 14.0. The number of nitrogens with zero attached hydrogens (tertiary/aromatic N) is 5. The second-order valence-electron chi connectivity index (χ2n) is 7.67. The van der Waals surface area contributed by atoms with Gasteiger partial charge in [-0.2, -0.15) is 5.10 Å².